The third-order valence-corrected chi connectivity index (χ3v) is 3.97. The summed E-state index contributed by atoms with van der Waals surface area (Å²) in [6.07, 6.45) is 2.65. The maximum absolute atomic E-state index is 13.6. The van der Waals surface area contributed by atoms with E-state index in [1.807, 2.05) is 13.0 Å². The van der Waals surface area contributed by atoms with Crippen LogP contribution in [0.25, 0.3) is 11.3 Å². The van der Waals surface area contributed by atoms with Gasteiger partial charge in [0.2, 0.25) is 0 Å². The van der Waals surface area contributed by atoms with Crippen molar-refractivity contribution >= 4 is 0 Å². The van der Waals surface area contributed by atoms with Crippen LogP contribution in [0.1, 0.15) is 29.8 Å². The van der Waals surface area contributed by atoms with Crippen molar-refractivity contribution in [3.63, 3.8) is 0 Å². The summed E-state index contributed by atoms with van der Waals surface area (Å²) in [4.78, 5) is 0. The number of benzene rings is 1. The molecule has 0 saturated carbocycles. The third kappa shape index (κ3) is 3.76. The number of rotatable bonds is 6. The molecule has 0 bridgehead atoms. The van der Waals surface area contributed by atoms with Gasteiger partial charge in [-0.3, -0.25) is 9.36 Å². The van der Waals surface area contributed by atoms with Gasteiger partial charge in [-0.15, -0.1) is 0 Å². The lowest BCUT2D eigenvalue weighted by Crippen LogP contribution is -2.06. The molecule has 0 saturated heterocycles. The van der Waals surface area contributed by atoms with Gasteiger partial charge in [-0.1, -0.05) is 0 Å². The van der Waals surface area contributed by atoms with Gasteiger partial charge in [0.1, 0.15) is 12.5 Å². The van der Waals surface area contributed by atoms with Crippen molar-refractivity contribution in [2.45, 2.75) is 33.0 Å². The highest BCUT2D eigenvalue weighted by molar-refractivity contribution is 5.65. The van der Waals surface area contributed by atoms with Crippen LogP contribution >= 0.6 is 0 Å². The summed E-state index contributed by atoms with van der Waals surface area (Å²) in [5.74, 6) is -0.394. The van der Waals surface area contributed by atoms with Gasteiger partial charge in [0, 0.05) is 17.3 Å². The molecule has 1 atom stereocenters. The van der Waals surface area contributed by atoms with Crippen LogP contribution in [0, 0.1) is 12.7 Å². The number of alkyl halides is 1. The lowest BCUT2D eigenvalue weighted by atomic mass is 10.00. The quantitative estimate of drug-likeness (QED) is 0.745. The van der Waals surface area contributed by atoms with Gasteiger partial charge in [-0.25, -0.2) is 8.78 Å². The minimum atomic E-state index is -0.804. The van der Waals surface area contributed by atoms with E-state index in [0.29, 0.717) is 12.1 Å². The van der Waals surface area contributed by atoms with Crippen LogP contribution in [0.2, 0.25) is 0 Å². The van der Waals surface area contributed by atoms with E-state index in [4.69, 9.17) is 0 Å². The molecule has 0 spiro atoms. The predicted molar refractivity (Wildman–Crippen MR) is 90.3 cm³/mol. The monoisotopic (exact) mass is 346 g/mol. The lowest BCUT2D eigenvalue weighted by molar-refractivity contribution is 0.199. The van der Waals surface area contributed by atoms with Gasteiger partial charge in [0.15, 0.2) is 0 Å². The molecule has 1 aromatic carbocycles. The Morgan fingerprint density at radius 1 is 1.28 bits per heavy atom. The second-order valence-corrected chi connectivity index (χ2v) is 6.04. The summed E-state index contributed by atoms with van der Waals surface area (Å²) in [6.45, 7) is 3.67. The topological polar surface area (TPSA) is 55.9 Å². The number of halogens is 2. The second-order valence-electron chi connectivity index (χ2n) is 6.04. The highest BCUT2D eigenvalue weighted by Crippen LogP contribution is 2.30. The van der Waals surface area contributed by atoms with Crippen molar-refractivity contribution in [2.75, 3.05) is 6.67 Å². The number of aryl methyl sites for hydroxylation is 2. The lowest BCUT2D eigenvalue weighted by Gasteiger charge is -2.13. The van der Waals surface area contributed by atoms with Crippen molar-refractivity contribution < 1.29 is 13.9 Å². The van der Waals surface area contributed by atoms with Crippen LogP contribution in [-0.2, 0) is 13.1 Å². The molecule has 0 aliphatic rings. The van der Waals surface area contributed by atoms with Gasteiger partial charge in [0.05, 0.1) is 36.8 Å². The smallest absolute Gasteiger partial charge is 0.123 e. The van der Waals surface area contributed by atoms with E-state index in [-0.39, 0.29) is 6.54 Å². The van der Waals surface area contributed by atoms with E-state index in [0.717, 1.165) is 22.5 Å². The maximum atomic E-state index is 13.6. The minimum absolute atomic E-state index is 0.217. The molecule has 0 amide bonds. The van der Waals surface area contributed by atoms with Crippen LogP contribution < -0.4 is 0 Å². The highest BCUT2D eigenvalue weighted by atomic mass is 19.1. The first-order valence-corrected chi connectivity index (χ1v) is 8.07. The SMILES string of the molecule is Cc1cc(-c2ccc(F)cc2[C@@H](C)O)n(Cc2cnn(CCF)c2)n1. The first-order chi connectivity index (χ1) is 12.0. The summed E-state index contributed by atoms with van der Waals surface area (Å²) in [7, 11) is 0. The van der Waals surface area contributed by atoms with E-state index < -0.39 is 18.6 Å². The van der Waals surface area contributed by atoms with E-state index >= 15 is 0 Å². The Morgan fingerprint density at radius 2 is 2.08 bits per heavy atom. The van der Waals surface area contributed by atoms with Gasteiger partial charge in [0.25, 0.3) is 0 Å². The van der Waals surface area contributed by atoms with E-state index in [1.165, 1.54) is 12.1 Å². The molecule has 0 radical (unpaired) electrons. The molecule has 7 heteroatoms. The van der Waals surface area contributed by atoms with Gasteiger partial charge in [-0.2, -0.15) is 10.2 Å². The number of hydrogen-bond donors (Lipinski definition) is 1. The summed E-state index contributed by atoms with van der Waals surface area (Å²) in [5, 5.41) is 18.6. The van der Waals surface area contributed by atoms with Crippen molar-refractivity contribution in [3.05, 3.63) is 59.3 Å². The van der Waals surface area contributed by atoms with Crippen LogP contribution in [0.5, 0.6) is 0 Å². The fourth-order valence-corrected chi connectivity index (χ4v) is 2.87. The van der Waals surface area contributed by atoms with Crippen LogP contribution in [0.15, 0.2) is 36.7 Å². The molecular formula is C18H20F2N4O. The number of nitrogens with zero attached hydrogens (tertiary/aromatic N) is 4. The molecule has 3 aromatic rings. The van der Waals surface area contributed by atoms with E-state index in [1.54, 1.807) is 34.7 Å². The molecule has 2 heterocycles. The molecule has 25 heavy (non-hydrogen) atoms. The number of aliphatic hydroxyl groups is 1. The Hall–Kier alpha value is -2.54. The van der Waals surface area contributed by atoms with Crippen molar-refractivity contribution in [2.24, 2.45) is 0 Å². The van der Waals surface area contributed by atoms with Crippen molar-refractivity contribution in [3.8, 4) is 11.3 Å². The Labute approximate surface area is 144 Å². The summed E-state index contributed by atoms with van der Waals surface area (Å²) in [6, 6.07) is 6.25. The Balaban J connectivity index is 1.98. The number of aromatic nitrogens is 4. The van der Waals surface area contributed by atoms with Gasteiger partial charge < -0.3 is 5.11 Å². The molecule has 5 nitrogen and oxygen atoms in total. The second kappa shape index (κ2) is 7.14. The highest BCUT2D eigenvalue weighted by Gasteiger charge is 2.16. The maximum Gasteiger partial charge on any atom is 0.123 e. The third-order valence-electron chi connectivity index (χ3n) is 3.97. The number of aliphatic hydroxyl groups excluding tert-OH is 1. The van der Waals surface area contributed by atoms with E-state index in [2.05, 4.69) is 10.2 Å². The molecule has 1 N–H and O–H groups in total. The van der Waals surface area contributed by atoms with E-state index in [9.17, 15) is 13.9 Å². The average Bonchev–Trinajstić information content (AvgIpc) is 3.14. The first kappa shape index (κ1) is 17.3. The molecule has 0 aliphatic heterocycles. The largest absolute Gasteiger partial charge is 0.389 e. The zero-order chi connectivity index (χ0) is 18.0. The minimum Gasteiger partial charge on any atom is -0.389 e. The fourth-order valence-electron chi connectivity index (χ4n) is 2.87. The molecular weight excluding hydrogens is 326 g/mol. The molecule has 132 valence electrons. The van der Waals surface area contributed by atoms with Crippen molar-refractivity contribution in [1.29, 1.82) is 0 Å². The van der Waals surface area contributed by atoms with Crippen molar-refractivity contribution in [1.82, 2.24) is 19.6 Å². The summed E-state index contributed by atoms with van der Waals surface area (Å²) < 4.78 is 29.3. The van der Waals surface area contributed by atoms with Gasteiger partial charge >= 0.3 is 0 Å². The summed E-state index contributed by atoms with van der Waals surface area (Å²) in [5.41, 5.74) is 3.72. The van der Waals surface area contributed by atoms with Crippen LogP contribution in [-0.4, -0.2) is 31.3 Å². The number of hydrogen-bond acceptors (Lipinski definition) is 3. The molecule has 2 aromatic heterocycles. The normalized spacial score (nSPS) is 12.5. The van der Waals surface area contributed by atoms with Crippen LogP contribution in [0.4, 0.5) is 8.78 Å². The summed E-state index contributed by atoms with van der Waals surface area (Å²) >= 11 is 0. The first-order valence-electron chi connectivity index (χ1n) is 8.07. The van der Waals surface area contributed by atoms with Gasteiger partial charge in [-0.05, 0) is 43.7 Å². The zero-order valence-corrected chi connectivity index (χ0v) is 14.2. The van der Waals surface area contributed by atoms with Crippen LogP contribution in [0.3, 0.4) is 0 Å². The average molecular weight is 346 g/mol. The molecule has 0 fully saturated rings. The zero-order valence-electron chi connectivity index (χ0n) is 14.2. The molecule has 0 unspecified atom stereocenters. The standard InChI is InChI=1S/C18H20F2N4O/c1-12-7-18(16-4-3-15(20)8-17(16)13(2)25)24(22-12)11-14-9-21-23(10-14)6-5-19/h3-4,7-10,13,25H,5-6,11H2,1-2H3/t13-/m1/s1. The fraction of sp³-hybridized carbons (Fsp3) is 0.333. The molecule has 0 aliphatic carbocycles. The Bertz CT molecular complexity index is 870. The molecule has 3 rings (SSSR count). The Kier molecular flexibility index (Phi) is 4.94. The predicted octanol–water partition coefficient (Wildman–Crippen LogP) is 3.27. The Morgan fingerprint density at radius 3 is 2.80 bits per heavy atom.